The van der Waals surface area contributed by atoms with Gasteiger partial charge in [-0.1, -0.05) is 18.2 Å². The van der Waals surface area contributed by atoms with Gasteiger partial charge in [0.1, 0.15) is 17.2 Å². The largest absolute Gasteiger partial charge is 0.506 e. The number of amides is 2. The minimum Gasteiger partial charge on any atom is -0.506 e. The molecule has 2 amide bonds. The lowest BCUT2D eigenvalue weighted by atomic mass is 9.87. The standard InChI is InChI=1S/C35H35N3O7/c1-42-29-11-8-24-19-31(29)44-16-4-14-36-33(40)12-7-22-5-3-6-26(17-22)45-32-18-23-13-15-38(34(24)27(23)20-30(32)43-2)35(41)28-10-9-25(39)21-37-28/h3,5-6,8-11,17-21,34,39H,4,7,12-16H2,1-2H3,(H,36,40). The fourth-order valence-corrected chi connectivity index (χ4v) is 5.80. The zero-order chi connectivity index (χ0) is 31.3. The number of ether oxygens (including phenoxy) is 4. The predicted octanol–water partition coefficient (Wildman–Crippen LogP) is 5.22. The van der Waals surface area contributed by atoms with Gasteiger partial charge in [0.15, 0.2) is 23.0 Å². The molecule has 4 heterocycles. The molecule has 3 aliphatic rings. The first kappa shape index (κ1) is 29.8. The molecule has 0 fully saturated rings. The van der Waals surface area contributed by atoms with E-state index in [1.807, 2.05) is 54.6 Å². The SMILES string of the molecule is COc1ccc2cc1OCCCNC(=O)CCc1cccc(c1)Oc1cc3c(cc1OC)C2N(C(=O)c1ccc(O)cn1)CC3. The molecule has 7 rings (SSSR count). The third-order valence-corrected chi connectivity index (χ3v) is 8.05. The minimum absolute atomic E-state index is 0.0163. The van der Waals surface area contributed by atoms with Crippen molar-refractivity contribution in [3.8, 4) is 34.5 Å². The van der Waals surface area contributed by atoms with Gasteiger partial charge < -0.3 is 34.3 Å². The van der Waals surface area contributed by atoms with Crippen molar-refractivity contribution in [2.45, 2.75) is 31.7 Å². The molecule has 1 unspecified atom stereocenters. The number of nitrogens with zero attached hydrogens (tertiary/aromatic N) is 2. The van der Waals surface area contributed by atoms with Gasteiger partial charge in [-0.3, -0.25) is 9.59 Å². The van der Waals surface area contributed by atoms with Crippen LogP contribution in [0.4, 0.5) is 0 Å². The van der Waals surface area contributed by atoms with Crippen molar-refractivity contribution in [2.75, 3.05) is 33.9 Å². The van der Waals surface area contributed by atoms with Crippen molar-refractivity contribution in [3.63, 3.8) is 0 Å². The Hall–Kier alpha value is -5.25. The van der Waals surface area contributed by atoms with E-state index in [1.165, 1.54) is 18.3 Å². The van der Waals surface area contributed by atoms with Gasteiger partial charge in [0.25, 0.3) is 5.91 Å². The van der Waals surface area contributed by atoms with E-state index in [0.717, 1.165) is 22.3 Å². The molecule has 0 spiro atoms. The number of fused-ring (bicyclic) bond motifs is 8. The summed E-state index contributed by atoms with van der Waals surface area (Å²) in [5.74, 6) is 2.47. The molecule has 3 aliphatic heterocycles. The Kier molecular flexibility index (Phi) is 8.72. The number of carbonyl (C=O) groups is 2. The summed E-state index contributed by atoms with van der Waals surface area (Å²) in [6, 6.07) is 19.7. The zero-order valence-corrected chi connectivity index (χ0v) is 25.2. The number of nitrogens with one attached hydrogen (secondary N) is 1. The normalized spacial score (nSPS) is 16.5. The Bertz CT molecular complexity index is 1710. The van der Waals surface area contributed by atoms with Crippen LogP contribution in [-0.4, -0.2) is 60.7 Å². The average molecular weight is 610 g/mol. The molecule has 232 valence electrons. The Morgan fingerprint density at radius 1 is 0.978 bits per heavy atom. The number of aromatic nitrogens is 1. The quantitative estimate of drug-likeness (QED) is 0.325. The van der Waals surface area contributed by atoms with Crippen LogP contribution in [0.3, 0.4) is 0 Å². The van der Waals surface area contributed by atoms with Crippen molar-refractivity contribution in [2.24, 2.45) is 0 Å². The summed E-state index contributed by atoms with van der Waals surface area (Å²) >= 11 is 0. The summed E-state index contributed by atoms with van der Waals surface area (Å²) in [4.78, 5) is 32.4. The van der Waals surface area contributed by atoms with E-state index in [4.69, 9.17) is 18.9 Å². The second kappa shape index (κ2) is 13.2. The summed E-state index contributed by atoms with van der Waals surface area (Å²) in [6.07, 6.45) is 3.38. The Labute approximate surface area is 261 Å². The molecule has 45 heavy (non-hydrogen) atoms. The van der Waals surface area contributed by atoms with E-state index in [-0.39, 0.29) is 23.3 Å². The van der Waals surface area contributed by atoms with Crippen LogP contribution in [0.2, 0.25) is 0 Å². The second-order valence-corrected chi connectivity index (χ2v) is 11.0. The van der Waals surface area contributed by atoms with Gasteiger partial charge in [-0.25, -0.2) is 4.98 Å². The van der Waals surface area contributed by atoms with Crippen LogP contribution in [-0.2, 0) is 17.6 Å². The van der Waals surface area contributed by atoms with E-state index in [9.17, 15) is 14.7 Å². The topological polar surface area (TPSA) is 119 Å². The van der Waals surface area contributed by atoms with Gasteiger partial charge in [-0.05, 0) is 90.0 Å². The summed E-state index contributed by atoms with van der Waals surface area (Å²) in [5, 5.41) is 12.7. The predicted molar refractivity (Wildman–Crippen MR) is 166 cm³/mol. The highest BCUT2D eigenvalue weighted by atomic mass is 16.5. The number of hydrogen-bond donors (Lipinski definition) is 2. The van der Waals surface area contributed by atoms with E-state index in [0.29, 0.717) is 74.1 Å². The molecule has 2 N–H and O–H groups in total. The lowest BCUT2D eigenvalue weighted by Crippen LogP contribution is -2.41. The van der Waals surface area contributed by atoms with E-state index in [1.54, 1.807) is 19.1 Å². The Balaban J connectivity index is 1.47. The van der Waals surface area contributed by atoms with Crippen LogP contribution in [0, 0.1) is 0 Å². The fraction of sp³-hybridized carbons (Fsp3) is 0.286. The molecule has 8 bridgehead atoms. The van der Waals surface area contributed by atoms with Gasteiger partial charge in [-0.15, -0.1) is 0 Å². The van der Waals surface area contributed by atoms with Gasteiger partial charge in [0.2, 0.25) is 5.91 Å². The van der Waals surface area contributed by atoms with Crippen LogP contribution in [0.1, 0.15) is 51.6 Å². The number of aryl methyl sites for hydroxylation is 1. The summed E-state index contributed by atoms with van der Waals surface area (Å²) in [5.41, 5.74) is 3.92. The van der Waals surface area contributed by atoms with Crippen LogP contribution < -0.4 is 24.3 Å². The highest BCUT2D eigenvalue weighted by molar-refractivity contribution is 5.93. The zero-order valence-electron chi connectivity index (χ0n) is 25.2. The van der Waals surface area contributed by atoms with Gasteiger partial charge >= 0.3 is 0 Å². The first-order valence-electron chi connectivity index (χ1n) is 14.9. The lowest BCUT2D eigenvalue weighted by Gasteiger charge is -2.38. The third-order valence-electron chi connectivity index (χ3n) is 8.05. The smallest absolute Gasteiger partial charge is 0.273 e. The number of rotatable bonds is 3. The van der Waals surface area contributed by atoms with Crippen LogP contribution in [0.15, 0.2) is 72.9 Å². The van der Waals surface area contributed by atoms with Gasteiger partial charge in [-0.2, -0.15) is 0 Å². The van der Waals surface area contributed by atoms with Crippen molar-refractivity contribution in [1.82, 2.24) is 15.2 Å². The Morgan fingerprint density at radius 3 is 2.64 bits per heavy atom. The van der Waals surface area contributed by atoms with E-state index in [2.05, 4.69) is 10.3 Å². The fourth-order valence-electron chi connectivity index (χ4n) is 5.80. The summed E-state index contributed by atoms with van der Waals surface area (Å²) < 4.78 is 23.9. The van der Waals surface area contributed by atoms with Crippen molar-refractivity contribution in [1.29, 1.82) is 0 Å². The second-order valence-electron chi connectivity index (χ2n) is 11.0. The number of hydrogen-bond acceptors (Lipinski definition) is 8. The van der Waals surface area contributed by atoms with E-state index < -0.39 is 6.04 Å². The van der Waals surface area contributed by atoms with E-state index >= 15 is 0 Å². The maximum absolute atomic E-state index is 13.9. The minimum atomic E-state index is -0.513. The highest BCUT2D eigenvalue weighted by Gasteiger charge is 2.35. The Morgan fingerprint density at radius 2 is 1.84 bits per heavy atom. The molecule has 0 saturated carbocycles. The molecule has 4 aromatic rings. The maximum atomic E-state index is 13.9. The maximum Gasteiger partial charge on any atom is 0.273 e. The molecule has 0 saturated heterocycles. The number of aromatic hydroxyl groups is 1. The summed E-state index contributed by atoms with van der Waals surface area (Å²) in [6.45, 7) is 1.25. The first-order chi connectivity index (χ1) is 21.9. The first-order valence-corrected chi connectivity index (χ1v) is 14.9. The van der Waals surface area contributed by atoms with Crippen molar-refractivity contribution >= 4 is 11.8 Å². The monoisotopic (exact) mass is 609 g/mol. The van der Waals surface area contributed by atoms with Gasteiger partial charge in [0.05, 0.1) is 33.1 Å². The molecule has 10 heteroatoms. The van der Waals surface area contributed by atoms with Crippen LogP contribution in [0.25, 0.3) is 0 Å². The number of carbonyl (C=O) groups excluding carboxylic acids is 2. The van der Waals surface area contributed by atoms with Crippen LogP contribution >= 0.6 is 0 Å². The molecule has 1 atom stereocenters. The number of benzene rings is 3. The molecular weight excluding hydrogens is 574 g/mol. The average Bonchev–Trinajstić information content (AvgIpc) is 3.06. The third kappa shape index (κ3) is 6.50. The summed E-state index contributed by atoms with van der Waals surface area (Å²) in [7, 11) is 3.17. The van der Waals surface area contributed by atoms with Crippen molar-refractivity contribution < 1.29 is 33.6 Å². The highest BCUT2D eigenvalue weighted by Crippen LogP contribution is 2.44. The number of methoxy groups -OCH3 is 2. The number of pyridine rings is 1. The molecule has 0 aliphatic carbocycles. The molecular formula is C35H35N3O7. The van der Waals surface area contributed by atoms with Crippen molar-refractivity contribution in [3.05, 3.63) is 101 Å². The molecule has 10 nitrogen and oxygen atoms in total. The molecule has 0 radical (unpaired) electrons. The lowest BCUT2D eigenvalue weighted by molar-refractivity contribution is -0.121. The molecule has 3 aromatic carbocycles. The molecule has 1 aromatic heterocycles. The van der Waals surface area contributed by atoms with Gasteiger partial charge in [0, 0.05) is 19.5 Å². The van der Waals surface area contributed by atoms with Crippen LogP contribution in [0.5, 0.6) is 34.5 Å².